The molecule has 0 bridgehead atoms. The summed E-state index contributed by atoms with van der Waals surface area (Å²) < 4.78 is 49.1. The lowest BCUT2D eigenvalue weighted by molar-refractivity contribution is 0.223. The van der Waals surface area contributed by atoms with Gasteiger partial charge in [0.15, 0.2) is 13.0 Å². The molecule has 0 saturated heterocycles. The normalized spacial score (nSPS) is 11.9. The predicted octanol–water partition coefficient (Wildman–Crippen LogP) is 11.8. The van der Waals surface area contributed by atoms with Crippen LogP contribution in [0.15, 0.2) is 45.1 Å². The second kappa shape index (κ2) is 20.5. The Morgan fingerprint density at radius 1 is 0.682 bits per heavy atom. The van der Waals surface area contributed by atoms with Crippen LogP contribution in [0.1, 0.15) is 38.8 Å². The van der Waals surface area contributed by atoms with Crippen LogP contribution >= 0.6 is 96.2 Å². The number of aromatic nitrogens is 2. The molecule has 0 aliphatic carbocycles. The summed E-state index contributed by atoms with van der Waals surface area (Å²) in [5.74, 6) is 0. The summed E-state index contributed by atoms with van der Waals surface area (Å²) in [5, 5.41) is 0. The van der Waals surface area contributed by atoms with Crippen LogP contribution in [0.3, 0.4) is 0 Å². The molecule has 0 saturated carbocycles. The van der Waals surface area contributed by atoms with E-state index in [2.05, 4.69) is 46.4 Å². The van der Waals surface area contributed by atoms with Gasteiger partial charge in [0.05, 0.1) is 46.9 Å². The number of fused-ring (bicyclic) bond motifs is 2. The molecule has 0 N–H and O–H groups in total. The van der Waals surface area contributed by atoms with Gasteiger partial charge < -0.3 is 18.1 Å². The van der Waals surface area contributed by atoms with Crippen LogP contribution in [0.5, 0.6) is 0 Å². The maximum absolute atomic E-state index is 12.4. The highest BCUT2D eigenvalue weighted by atomic mass is 35.6. The van der Waals surface area contributed by atoms with E-state index in [-0.39, 0.29) is 0 Å². The van der Waals surface area contributed by atoms with Gasteiger partial charge in [-0.1, -0.05) is 70.5 Å². The van der Waals surface area contributed by atoms with Gasteiger partial charge in [-0.15, -0.1) is 22.7 Å². The van der Waals surface area contributed by atoms with E-state index < -0.39 is 19.5 Å². The minimum absolute atomic E-state index is 0.299. The largest absolute Gasteiger partial charge is 0.340 e. The summed E-state index contributed by atoms with van der Waals surface area (Å²) >= 11 is 20.5. The highest BCUT2D eigenvalue weighted by molar-refractivity contribution is 8.06. The Labute approximate surface area is 291 Å². The predicted molar refractivity (Wildman–Crippen MR) is 193 cm³/mol. The summed E-state index contributed by atoms with van der Waals surface area (Å²) in [4.78, 5) is 9.09. The summed E-state index contributed by atoms with van der Waals surface area (Å²) in [6.07, 6.45) is 0. The molecule has 0 fully saturated rings. The lowest BCUT2D eigenvalue weighted by Crippen LogP contribution is -1.97. The van der Waals surface area contributed by atoms with E-state index in [1.165, 1.54) is 34.7 Å². The van der Waals surface area contributed by atoms with E-state index in [9.17, 15) is 9.13 Å². The molecule has 0 unspecified atom stereocenters. The van der Waals surface area contributed by atoms with Crippen LogP contribution in [0, 0.1) is 13.8 Å². The Kier molecular flexibility index (Phi) is 18.7. The van der Waals surface area contributed by atoms with Gasteiger partial charge in [0.2, 0.25) is 0 Å². The monoisotopic (exact) mass is 780 g/mol. The van der Waals surface area contributed by atoms with Gasteiger partial charge in [0, 0.05) is 0 Å². The number of thioether (sulfide) groups is 2. The molecule has 8 nitrogen and oxygen atoms in total. The van der Waals surface area contributed by atoms with Gasteiger partial charge in [0.1, 0.15) is 11.0 Å². The number of halogens is 3. The minimum Gasteiger partial charge on any atom is -0.308 e. The molecule has 0 atom stereocenters. The first kappa shape index (κ1) is 40.3. The van der Waals surface area contributed by atoms with Crippen LogP contribution in [0.2, 0.25) is 0 Å². The zero-order chi connectivity index (χ0) is 32.8. The second-order valence-electron chi connectivity index (χ2n) is 8.59. The zero-order valence-corrected chi connectivity index (χ0v) is 32.6. The summed E-state index contributed by atoms with van der Waals surface area (Å²) in [7, 11) is -6.02. The van der Waals surface area contributed by atoms with Crippen LogP contribution in [0.4, 0.5) is 0 Å². The van der Waals surface area contributed by atoms with Crippen molar-refractivity contribution in [2.24, 2.45) is 0 Å². The van der Waals surface area contributed by atoms with Crippen LogP contribution in [-0.4, -0.2) is 51.7 Å². The summed E-state index contributed by atoms with van der Waals surface area (Å²) in [5.41, 5.74) is 4.95. The Morgan fingerprint density at radius 2 is 1.00 bits per heavy atom. The Hall–Kier alpha value is 0.0900. The molecule has 2 aromatic heterocycles. The van der Waals surface area contributed by atoms with Gasteiger partial charge >= 0.3 is 15.2 Å². The van der Waals surface area contributed by atoms with E-state index in [1.54, 1.807) is 22.7 Å². The lowest BCUT2D eigenvalue weighted by Gasteiger charge is -2.15. The molecule has 2 heterocycles. The van der Waals surface area contributed by atoms with Gasteiger partial charge in [-0.2, -0.15) is 0 Å². The van der Waals surface area contributed by atoms with Crippen molar-refractivity contribution in [2.75, 3.05) is 37.4 Å². The topological polar surface area (TPSA) is 96.8 Å². The molecule has 246 valence electrons. The fraction of sp³-hybridized carbons (Fsp3) is 0.481. The first-order valence-corrected chi connectivity index (χ1v) is 21.9. The van der Waals surface area contributed by atoms with E-state index in [4.69, 9.17) is 52.9 Å². The van der Waals surface area contributed by atoms with E-state index in [0.717, 1.165) is 29.1 Å². The van der Waals surface area contributed by atoms with Crippen molar-refractivity contribution >= 4 is 117 Å². The van der Waals surface area contributed by atoms with E-state index in [0.29, 0.717) is 37.4 Å². The quantitative estimate of drug-likeness (QED) is 0.0698. The highest BCUT2D eigenvalue weighted by Crippen LogP contribution is 2.53. The lowest BCUT2D eigenvalue weighted by atomic mass is 10.2. The van der Waals surface area contributed by atoms with Gasteiger partial charge in [-0.05, 0) is 76.9 Å². The molecule has 0 amide bonds. The average Bonchev–Trinajstić information content (AvgIpc) is 3.54. The molecule has 0 spiro atoms. The van der Waals surface area contributed by atoms with Crippen molar-refractivity contribution in [1.29, 1.82) is 0 Å². The second-order valence-corrected chi connectivity index (χ2v) is 20.0. The number of aryl methyl sites for hydroxylation is 2. The molecule has 2 aromatic carbocycles. The standard InChI is InChI=1S/2C13H18NO3PS2.CHCl3/c2*1-4-16-18(15,17-5-2)9-19-13-14-11-8-10(3)6-7-12(11)20-13;2-1(3)4/h2*6-8H,4-5,9H2,1-3H3;1H. The fourth-order valence-electron chi connectivity index (χ4n) is 3.44. The Bertz CT molecular complexity index is 1410. The van der Waals surface area contributed by atoms with Crippen molar-refractivity contribution in [3.63, 3.8) is 0 Å². The molecule has 44 heavy (non-hydrogen) atoms. The molecule has 4 aromatic rings. The zero-order valence-electron chi connectivity index (χ0n) is 25.3. The van der Waals surface area contributed by atoms with Crippen molar-refractivity contribution < 1.29 is 27.2 Å². The number of rotatable bonds is 14. The maximum Gasteiger partial charge on any atom is 0.340 e. The van der Waals surface area contributed by atoms with Gasteiger partial charge in [0.25, 0.3) is 0 Å². The highest BCUT2D eigenvalue weighted by Gasteiger charge is 2.25. The molecular weight excluding hydrogens is 745 g/mol. The number of nitrogens with zero attached hydrogens (tertiary/aromatic N) is 2. The number of hydrogen-bond donors (Lipinski definition) is 0. The summed E-state index contributed by atoms with van der Waals surface area (Å²) in [6.45, 7) is 12.9. The number of thiazole rings is 2. The van der Waals surface area contributed by atoms with Crippen LogP contribution < -0.4 is 0 Å². The van der Waals surface area contributed by atoms with Crippen molar-refractivity contribution in [3.05, 3.63) is 47.5 Å². The summed E-state index contributed by atoms with van der Waals surface area (Å²) in [6, 6.07) is 12.4. The average molecular weight is 782 g/mol. The van der Waals surface area contributed by atoms with Crippen molar-refractivity contribution in [1.82, 2.24) is 9.97 Å². The third kappa shape index (κ3) is 14.5. The number of hydrogen-bond acceptors (Lipinski definition) is 12. The molecule has 17 heteroatoms. The Balaban J connectivity index is 0.000000274. The smallest absolute Gasteiger partial charge is 0.308 e. The maximum atomic E-state index is 12.4. The van der Waals surface area contributed by atoms with Gasteiger partial charge in [-0.25, -0.2) is 9.97 Å². The van der Waals surface area contributed by atoms with E-state index in [1.807, 2.05) is 41.5 Å². The third-order valence-corrected chi connectivity index (χ3v) is 14.8. The fourth-order valence-corrected chi connectivity index (χ4v) is 12.1. The van der Waals surface area contributed by atoms with Crippen LogP contribution in [-0.2, 0) is 27.2 Å². The molecule has 0 radical (unpaired) electrons. The first-order valence-electron chi connectivity index (χ1n) is 13.5. The SMILES string of the molecule is CCOP(=O)(CSc1nc2cc(C)ccc2s1)OCC.CCOP(=O)(CSc1nc2cc(C)ccc2s1)OCC.ClC(Cl)Cl. The molecular formula is C27H37Cl3N2O6P2S4. The first-order chi connectivity index (χ1) is 20.9. The Morgan fingerprint density at radius 3 is 1.30 bits per heavy atom. The number of benzene rings is 2. The molecule has 0 aliphatic heterocycles. The minimum atomic E-state index is -3.01. The molecule has 4 rings (SSSR count). The molecule has 0 aliphatic rings. The van der Waals surface area contributed by atoms with Crippen molar-refractivity contribution in [2.45, 2.75) is 54.5 Å². The number of alkyl halides is 3. The van der Waals surface area contributed by atoms with Crippen molar-refractivity contribution in [3.8, 4) is 0 Å². The van der Waals surface area contributed by atoms with E-state index >= 15 is 0 Å². The van der Waals surface area contributed by atoms with Crippen LogP contribution in [0.25, 0.3) is 20.4 Å². The third-order valence-electron chi connectivity index (χ3n) is 5.04. The van der Waals surface area contributed by atoms with Gasteiger partial charge in [-0.3, -0.25) is 9.13 Å².